The minimum atomic E-state index is -3.84. The summed E-state index contributed by atoms with van der Waals surface area (Å²) >= 11 is 3.06. The van der Waals surface area contributed by atoms with Gasteiger partial charge in [-0.2, -0.15) is 4.31 Å². The van der Waals surface area contributed by atoms with E-state index in [0.717, 1.165) is 8.99 Å². The molecular formula is C9H13BrN4O4S. The lowest BCUT2D eigenvalue weighted by molar-refractivity contribution is -0.144. The van der Waals surface area contributed by atoms with Gasteiger partial charge in [0.25, 0.3) is 10.0 Å². The molecule has 2 rings (SSSR count). The number of aryl methyl sites for hydroxylation is 1. The maximum absolute atomic E-state index is 12.6. The third-order valence-corrected chi connectivity index (χ3v) is 5.76. The van der Waals surface area contributed by atoms with Gasteiger partial charge in [0.15, 0.2) is 4.60 Å². The van der Waals surface area contributed by atoms with Crippen molar-refractivity contribution in [3.63, 3.8) is 0 Å². The molecule has 1 aromatic rings. The molecule has 19 heavy (non-hydrogen) atoms. The van der Waals surface area contributed by atoms with E-state index in [1.807, 2.05) is 0 Å². The van der Waals surface area contributed by atoms with Crippen LogP contribution in [0, 0.1) is 0 Å². The second-order valence-electron chi connectivity index (χ2n) is 4.11. The van der Waals surface area contributed by atoms with Crippen molar-refractivity contribution in [3.8, 4) is 0 Å². The Labute approximate surface area is 118 Å². The van der Waals surface area contributed by atoms with Crippen LogP contribution < -0.4 is 0 Å². The number of aromatic nitrogens is 3. The van der Waals surface area contributed by atoms with E-state index in [0.29, 0.717) is 12.8 Å². The molecule has 0 aliphatic carbocycles. The summed E-state index contributed by atoms with van der Waals surface area (Å²) in [6.07, 6.45) is 1.07. The van der Waals surface area contributed by atoms with Gasteiger partial charge in [-0.3, -0.25) is 4.79 Å². The number of ether oxygens (including phenoxy) is 1. The second kappa shape index (κ2) is 5.17. The van der Waals surface area contributed by atoms with E-state index in [9.17, 15) is 13.2 Å². The van der Waals surface area contributed by atoms with Crippen molar-refractivity contribution < 1.29 is 17.9 Å². The van der Waals surface area contributed by atoms with Gasteiger partial charge in [-0.25, -0.2) is 13.1 Å². The van der Waals surface area contributed by atoms with Gasteiger partial charge in [0, 0.05) is 13.6 Å². The fourth-order valence-corrected chi connectivity index (χ4v) is 4.79. The largest absolute Gasteiger partial charge is 0.468 e. The predicted octanol–water partition coefficient (Wildman–Crippen LogP) is -0.0963. The fraction of sp³-hybridized carbons (Fsp3) is 0.667. The molecule has 1 atom stereocenters. The summed E-state index contributed by atoms with van der Waals surface area (Å²) in [5.41, 5.74) is 0. The quantitative estimate of drug-likeness (QED) is 0.705. The molecule has 1 aliphatic rings. The van der Waals surface area contributed by atoms with Crippen molar-refractivity contribution in [1.29, 1.82) is 0 Å². The van der Waals surface area contributed by atoms with Crippen LogP contribution in [0.2, 0.25) is 0 Å². The fourth-order valence-electron chi connectivity index (χ4n) is 2.11. The average Bonchev–Trinajstić information content (AvgIpc) is 2.95. The molecule has 0 bridgehead atoms. The van der Waals surface area contributed by atoms with Gasteiger partial charge in [0.2, 0.25) is 5.03 Å². The minimum absolute atomic E-state index is 0.0664. The molecule has 1 fully saturated rings. The summed E-state index contributed by atoms with van der Waals surface area (Å²) in [5, 5.41) is 7.23. The minimum Gasteiger partial charge on any atom is -0.468 e. The third-order valence-electron chi connectivity index (χ3n) is 2.97. The molecule has 1 saturated heterocycles. The van der Waals surface area contributed by atoms with Crippen molar-refractivity contribution in [2.75, 3.05) is 13.7 Å². The highest BCUT2D eigenvalue weighted by Crippen LogP contribution is 2.29. The van der Waals surface area contributed by atoms with Crippen molar-refractivity contribution in [3.05, 3.63) is 4.60 Å². The van der Waals surface area contributed by atoms with Gasteiger partial charge in [0.1, 0.15) is 6.04 Å². The molecule has 106 valence electrons. The molecule has 1 aliphatic heterocycles. The molecule has 2 heterocycles. The van der Waals surface area contributed by atoms with Gasteiger partial charge < -0.3 is 4.74 Å². The first-order valence-electron chi connectivity index (χ1n) is 5.54. The SMILES string of the molecule is COC(=O)C1CCCN1S(=O)(=O)c1c(Br)nnn1C. The van der Waals surface area contributed by atoms with E-state index in [2.05, 4.69) is 31.0 Å². The van der Waals surface area contributed by atoms with E-state index >= 15 is 0 Å². The van der Waals surface area contributed by atoms with Gasteiger partial charge in [-0.15, -0.1) is 5.10 Å². The van der Waals surface area contributed by atoms with Crippen molar-refractivity contribution in [1.82, 2.24) is 19.3 Å². The Hall–Kier alpha value is -1.00. The summed E-state index contributed by atoms with van der Waals surface area (Å²) in [7, 11) is -1.11. The first-order valence-corrected chi connectivity index (χ1v) is 7.77. The van der Waals surface area contributed by atoms with Crippen molar-refractivity contribution in [2.24, 2.45) is 7.05 Å². The zero-order valence-corrected chi connectivity index (χ0v) is 12.8. The lowest BCUT2D eigenvalue weighted by Gasteiger charge is -2.21. The van der Waals surface area contributed by atoms with Crippen LogP contribution in [0.1, 0.15) is 12.8 Å². The number of sulfonamides is 1. The van der Waals surface area contributed by atoms with E-state index < -0.39 is 22.0 Å². The zero-order chi connectivity index (χ0) is 14.2. The first-order chi connectivity index (χ1) is 8.89. The molecule has 0 aromatic carbocycles. The topological polar surface area (TPSA) is 94.4 Å². The Morgan fingerprint density at radius 2 is 2.21 bits per heavy atom. The van der Waals surface area contributed by atoms with Crippen molar-refractivity contribution >= 4 is 31.9 Å². The van der Waals surface area contributed by atoms with Crippen LogP contribution in [0.3, 0.4) is 0 Å². The molecule has 0 saturated carbocycles. The summed E-state index contributed by atoms with van der Waals surface area (Å²) < 4.78 is 32.2. The van der Waals surface area contributed by atoms with Gasteiger partial charge in [0.05, 0.1) is 7.11 Å². The Bertz CT molecular complexity index is 580. The van der Waals surface area contributed by atoms with Crippen LogP contribution >= 0.6 is 15.9 Å². The standard InChI is InChI=1S/C9H13BrN4O4S/c1-13-8(7(10)11-12-13)19(16,17)14-5-3-4-6(14)9(15)18-2/h6H,3-5H2,1-2H3. The molecule has 8 nitrogen and oxygen atoms in total. The maximum Gasteiger partial charge on any atom is 0.324 e. The normalized spacial score (nSPS) is 20.7. The van der Waals surface area contributed by atoms with Crippen LogP contribution in [-0.2, 0) is 26.6 Å². The highest BCUT2D eigenvalue weighted by Gasteiger charge is 2.42. The summed E-state index contributed by atoms with van der Waals surface area (Å²) in [6.45, 7) is 0.277. The number of carbonyl (C=O) groups excluding carboxylic acids is 1. The van der Waals surface area contributed by atoms with E-state index in [1.165, 1.54) is 14.2 Å². The third kappa shape index (κ3) is 2.39. The number of nitrogens with zero attached hydrogens (tertiary/aromatic N) is 4. The monoisotopic (exact) mass is 352 g/mol. The molecule has 0 N–H and O–H groups in total. The highest BCUT2D eigenvalue weighted by molar-refractivity contribution is 9.10. The average molecular weight is 353 g/mol. The molecule has 10 heteroatoms. The Morgan fingerprint density at radius 3 is 2.74 bits per heavy atom. The lowest BCUT2D eigenvalue weighted by atomic mass is 10.2. The maximum atomic E-state index is 12.6. The Morgan fingerprint density at radius 1 is 1.53 bits per heavy atom. The smallest absolute Gasteiger partial charge is 0.324 e. The van der Waals surface area contributed by atoms with Crippen LogP contribution in [0.15, 0.2) is 9.63 Å². The van der Waals surface area contributed by atoms with E-state index in [-0.39, 0.29) is 16.2 Å². The number of halogens is 1. The van der Waals surface area contributed by atoms with Crippen LogP contribution in [0.5, 0.6) is 0 Å². The Balaban J connectivity index is 2.43. The second-order valence-corrected chi connectivity index (χ2v) is 6.66. The van der Waals surface area contributed by atoms with Crippen molar-refractivity contribution in [2.45, 2.75) is 23.9 Å². The van der Waals surface area contributed by atoms with E-state index in [4.69, 9.17) is 0 Å². The Kier molecular flexibility index (Phi) is 3.92. The number of methoxy groups -OCH3 is 1. The highest BCUT2D eigenvalue weighted by atomic mass is 79.9. The predicted molar refractivity (Wildman–Crippen MR) is 67.6 cm³/mol. The molecule has 0 spiro atoms. The molecular weight excluding hydrogens is 340 g/mol. The molecule has 0 amide bonds. The molecule has 1 unspecified atom stereocenters. The number of rotatable bonds is 3. The summed E-state index contributed by atoms with van der Waals surface area (Å²) in [4.78, 5) is 11.6. The number of hydrogen-bond acceptors (Lipinski definition) is 6. The molecule has 0 radical (unpaired) electrons. The van der Waals surface area contributed by atoms with Gasteiger partial charge in [-0.1, -0.05) is 5.21 Å². The summed E-state index contributed by atoms with van der Waals surface area (Å²) in [6, 6.07) is -0.781. The van der Waals surface area contributed by atoms with Crippen LogP contribution in [0.25, 0.3) is 0 Å². The van der Waals surface area contributed by atoms with Crippen LogP contribution in [0.4, 0.5) is 0 Å². The number of hydrogen-bond donors (Lipinski definition) is 0. The van der Waals surface area contributed by atoms with Gasteiger partial charge >= 0.3 is 5.97 Å². The summed E-state index contributed by atoms with van der Waals surface area (Å²) in [5.74, 6) is -0.549. The lowest BCUT2D eigenvalue weighted by Crippen LogP contribution is -2.41. The van der Waals surface area contributed by atoms with E-state index in [1.54, 1.807) is 0 Å². The first kappa shape index (κ1) is 14.4. The van der Waals surface area contributed by atoms with Crippen LogP contribution in [-0.4, -0.2) is 53.4 Å². The molecule has 1 aromatic heterocycles. The number of esters is 1. The van der Waals surface area contributed by atoms with Gasteiger partial charge in [-0.05, 0) is 28.8 Å². The zero-order valence-electron chi connectivity index (χ0n) is 10.4. The number of carbonyl (C=O) groups is 1.